The van der Waals surface area contributed by atoms with Crippen molar-refractivity contribution in [3.63, 3.8) is 0 Å². The molecule has 74 heavy (non-hydrogen) atoms. The molecule has 2 atom stereocenters. The van der Waals surface area contributed by atoms with Gasteiger partial charge in [0.2, 0.25) is 0 Å². The summed E-state index contributed by atoms with van der Waals surface area (Å²) in [6.07, 6.45) is 9.11. The predicted molar refractivity (Wildman–Crippen MR) is 313 cm³/mol. The number of nitrogens with zero attached hydrogens (tertiary/aromatic N) is 2. The maximum Gasteiger partial charge on any atom is 0.159 e. The van der Waals surface area contributed by atoms with E-state index >= 15 is 0 Å². The van der Waals surface area contributed by atoms with Crippen LogP contribution >= 0.6 is 0 Å². The van der Waals surface area contributed by atoms with Gasteiger partial charge in [-0.1, -0.05) is 203 Å². The van der Waals surface area contributed by atoms with Crippen LogP contribution in [0.5, 0.6) is 0 Å². The van der Waals surface area contributed by atoms with E-state index < -0.39 is 0 Å². The van der Waals surface area contributed by atoms with Gasteiger partial charge in [-0.2, -0.15) is 0 Å². The summed E-state index contributed by atoms with van der Waals surface area (Å²) in [5, 5.41) is 11.6. The standard InChI is InChI=1S/C70H54N2O2/c1-42(2)50-38-48-34-36-57-62(71(61-40-47(33-32-44(61)4)46-20-7-6-8-21-46)59-28-16-26-55-52-23-11-13-30-64(52)73-69(55)59)41-63(58-37-35-49(39-50)66(48)67(57)58)72(60-29-17-27-56-53-24-12-14-31-65(53)74-70(56)60)68-45(5)19-15-25-54(68)51-22-10-9-18-43(51)3/h6-43,51H,1-5H3. The van der Waals surface area contributed by atoms with Gasteiger partial charge in [0.15, 0.2) is 11.2 Å². The number of allylic oxidation sites excluding steroid dienone is 4. The molecule has 4 heteroatoms. The van der Waals surface area contributed by atoms with Gasteiger partial charge < -0.3 is 18.6 Å². The van der Waals surface area contributed by atoms with Crippen LogP contribution in [0.3, 0.4) is 0 Å². The Morgan fingerprint density at radius 2 is 1.00 bits per heavy atom. The molecule has 14 rings (SSSR count). The molecule has 0 fully saturated rings. The molecular weight excluding hydrogens is 901 g/mol. The van der Waals surface area contributed by atoms with Gasteiger partial charge in [0, 0.05) is 49.3 Å². The number of furan rings is 2. The molecule has 1 aliphatic carbocycles. The largest absolute Gasteiger partial charge is 0.454 e. The molecule has 0 amide bonds. The highest BCUT2D eigenvalue weighted by Gasteiger charge is 2.32. The van der Waals surface area contributed by atoms with Crippen LogP contribution in [0.15, 0.2) is 227 Å². The van der Waals surface area contributed by atoms with Crippen molar-refractivity contribution in [2.75, 3.05) is 9.80 Å². The number of hydrogen-bond acceptors (Lipinski definition) is 4. The molecule has 0 aliphatic heterocycles. The minimum atomic E-state index is 0.131. The topological polar surface area (TPSA) is 32.8 Å². The normalized spacial score (nSPS) is 14.8. The summed E-state index contributed by atoms with van der Waals surface area (Å²) in [6, 6.07) is 71.4. The van der Waals surface area contributed by atoms with Crippen molar-refractivity contribution in [2.24, 2.45) is 5.92 Å². The highest BCUT2D eigenvalue weighted by molar-refractivity contribution is 6.30. The first-order valence-electron chi connectivity index (χ1n) is 26.1. The summed E-state index contributed by atoms with van der Waals surface area (Å²) in [4.78, 5) is 5.05. The number of para-hydroxylation sites is 5. The highest BCUT2D eigenvalue weighted by Crippen LogP contribution is 2.55. The van der Waals surface area contributed by atoms with Crippen LogP contribution in [0.1, 0.15) is 54.9 Å². The average molecular weight is 955 g/mol. The Hall–Kier alpha value is -8.86. The van der Waals surface area contributed by atoms with Crippen LogP contribution in [-0.2, 0) is 0 Å². The minimum Gasteiger partial charge on any atom is -0.454 e. The molecule has 2 aromatic heterocycles. The second-order valence-electron chi connectivity index (χ2n) is 20.7. The first-order chi connectivity index (χ1) is 36.3. The van der Waals surface area contributed by atoms with Crippen molar-refractivity contribution in [3.05, 3.63) is 241 Å². The van der Waals surface area contributed by atoms with Gasteiger partial charge in [-0.3, -0.25) is 0 Å². The molecule has 11 aromatic carbocycles. The lowest BCUT2D eigenvalue weighted by Gasteiger charge is -2.35. The third-order valence-corrected chi connectivity index (χ3v) is 15.9. The van der Waals surface area contributed by atoms with Gasteiger partial charge in [-0.05, 0) is 112 Å². The van der Waals surface area contributed by atoms with Crippen LogP contribution in [0, 0.1) is 19.8 Å². The second kappa shape index (κ2) is 17.1. The van der Waals surface area contributed by atoms with Crippen molar-refractivity contribution in [3.8, 4) is 11.1 Å². The van der Waals surface area contributed by atoms with E-state index in [4.69, 9.17) is 8.83 Å². The Balaban J connectivity index is 1.17. The Labute approximate surface area is 431 Å². The molecule has 0 saturated carbocycles. The zero-order valence-electron chi connectivity index (χ0n) is 42.2. The number of aryl methyl sites for hydroxylation is 2. The fraction of sp³-hybridized carbons (Fsp3) is 0.114. The Bertz CT molecular complexity index is 4400. The fourth-order valence-electron chi connectivity index (χ4n) is 12.2. The number of fused-ring (bicyclic) bond motifs is 6. The molecule has 0 radical (unpaired) electrons. The molecule has 356 valence electrons. The van der Waals surface area contributed by atoms with E-state index in [1.807, 2.05) is 0 Å². The first-order valence-corrected chi connectivity index (χ1v) is 26.1. The van der Waals surface area contributed by atoms with Gasteiger partial charge in [0.1, 0.15) is 11.2 Å². The third-order valence-electron chi connectivity index (χ3n) is 15.9. The van der Waals surface area contributed by atoms with Crippen LogP contribution < -0.4 is 9.80 Å². The Kier molecular flexibility index (Phi) is 10.2. The van der Waals surface area contributed by atoms with E-state index in [9.17, 15) is 0 Å². The molecule has 13 aromatic rings. The molecule has 0 bridgehead atoms. The smallest absolute Gasteiger partial charge is 0.159 e. The lowest BCUT2D eigenvalue weighted by atomic mass is 9.82. The van der Waals surface area contributed by atoms with Crippen LogP contribution in [0.25, 0.3) is 87.3 Å². The number of hydrogen-bond donors (Lipinski definition) is 0. The summed E-state index contributed by atoms with van der Waals surface area (Å²) in [6.45, 7) is 11.4. The molecule has 2 unspecified atom stereocenters. The van der Waals surface area contributed by atoms with E-state index in [1.54, 1.807) is 0 Å². The van der Waals surface area contributed by atoms with Gasteiger partial charge >= 0.3 is 0 Å². The van der Waals surface area contributed by atoms with Crippen LogP contribution in [0.2, 0.25) is 0 Å². The van der Waals surface area contributed by atoms with E-state index in [-0.39, 0.29) is 11.8 Å². The summed E-state index contributed by atoms with van der Waals surface area (Å²) >= 11 is 0. The number of rotatable bonds is 9. The molecule has 0 spiro atoms. The van der Waals surface area contributed by atoms with Gasteiger partial charge in [0.25, 0.3) is 0 Å². The Morgan fingerprint density at radius 1 is 0.419 bits per heavy atom. The molecule has 1 aliphatic rings. The summed E-state index contributed by atoms with van der Waals surface area (Å²) in [5.74, 6) is 0.774. The summed E-state index contributed by atoms with van der Waals surface area (Å²) < 4.78 is 14.1. The lowest BCUT2D eigenvalue weighted by molar-refractivity contribution is 0.635. The minimum absolute atomic E-state index is 0.131. The van der Waals surface area contributed by atoms with E-state index in [0.717, 1.165) is 105 Å². The molecule has 0 N–H and O–H groups in total. The van der Waals surface area contributed by atoms with Crippen molar-refractivity contribution in [1.29, 1.82) is 0 Å². The van der Waals surface area contributed by atoms with Crippen molar-refractivity contribution < 1.29 is 8.83 Å². The van der Waals surface area contributed by atoms with Crippen LogP contribution in [-0.4, -0.2) is 0 Å². The molecule has 0 saturated heterocycles. The van der Waals surface area contributed by atoms with Crippen LogP contribution in [0.4, 0.5) is 34.1 Å². The summed E-state index contributed by atoms with van der Waals surface area (Å²) in [5.41, 5.74) is 16.9. The zero-order chi connectivity index (χ0) is 49.8. The van der Waals surface area contributed by atoms with Gasteiger partial charge in [0.05, 0.1) is 28.4 Å². The molecular formula is C70H54N2O2. The zero-order valence-corrected chi connectivity index (χ0v) is 42.2. The second-order valence-corrected chi connectivity index (χ2v) is 20.7. The summed E-state index contributed by atoms with van der Waals surface area (Å²) in [7, 11) is 0. The van der Waals surface area contributed by atoms with Gasteiger partial charge in [-0.25, -0.2) is 0 Å². The first kappa shape index (κ1) is 43.9. The number of benzene rings is 11. The maximum atomic E-state index is 7.09. The monoisotopic (exact) mass is 954 g/mol. The highest BCUT2D eigenvalue weighted by atomic mass is 16.3. The van der Waals surface area contributed by atoms with E-state index in [2.05, 4.69) is 263 Å². The lowest BCUT2D eigenvalue weighted by Crippen LogP contribution is -2.19. The SMILES string of the molecule is Cc1ccc(-c2ccccc2)cc1N(c1cc(N(c2c(C)cccc2C2C=CC=CC2C)c2cccc3c2oc2ccccc23)c2ccc3cc(C(C)C)cc4ccc1c2c43)c1cccc2c1oc1ccccc12. The van der Waals surface area contributed by atoms with Crippen molar-refractivity contribution in [1.82, 2.24) is 0 Å². The molecule has 2 heterocycles. The predicted octanol–water partition coefficient (Wildman–Crippen LogP) is 20.6. The molecule has 4 nitrogen and oxygen atoms in total. The average Bonchev–Trinajstić information content (AvgIpc) is 4.05. The third kappa shape index (κ3) is 6.82. The maximum absolute atomic E-state index is 7.09. The van der Waals surface area contributed by atoms with Crippen molar-refractivity contribution >= 4 is 110 Å². The Morgan fingerprint density at radius 3 is 1.65 bits per heavy atom. The quantitative estimate of drug-likeness (QED) is 0.135. The van der Waals surface area contributed by atoms with E-state index in [1.165, 1.54) is 38.2 Å². The van der Waals surface area contributed by atoms with Crippen molar-refractivity contribution in [2.45, 2.75) is 46.5 Å². The van der Waals surface area contributed by atoms with E-state index in [0.29, 0.717) is 5.92 Å². The van der Waals surface area contributed by atoms with Gasteiger partial charge in [-0.15, -0.1) is 0 Å². The fourth-order valence-corrected chi connectivity index (χ4v) is 12.2. The number of anilines is 6.